The van der Waals surface area contributed by atoms with Gasteiger partial charge in [0.1, 0.15) is 5.82 Å². The molecule has 41 heavy (non-hydrogen) atoms. The first-order valence-corrected chi connectivity index (χ1v) is 13.3. The molecule has 210 valence electrons. The van der Waals surface area contributed by atoms with Crippen LogP contribution < -0.4 is 24.8 Å². The standard InChI is InChI=1S/C30H26Cl2N4O5/c1-39-25-12-18(13-26(40-2)27(25)41-3)30(38)34-22-8-9-23-24(15-22)36-28(35-23)16-4-6-21(7-5-16)33-29(37)17-10-19(31)14-20(32)11-17/h4-14,22H,15H2,1-3H3,(H,33,37)(H,34,38)(H,35,36). The van der Waals surface area contributed by atoms with Crippen molar-refractivity contribution in [3.8, 4) is 28.6 Å². The minimum Gasteiger partial charge on any atom is -0.493 e. The molecule has 11 heteroatoms. The van der Waals surface area contributed by atoms with Gasteiger partial charge in [0.25, 0.3) is 11.8 Å². The summed E-state index contributed by atoms with van der Waals surface area (Å²) >= 11 is 12.0. The fourth-order valence-corrected chi connectivity index (χ4v) is 5.04. The largest absolute Gasteiger partial charge is 0.493 e. The average Bonchev–Trinajstić information content (AvgIpc) is 3.39. The Morgan fingerprint density at radius 2 is 1.51 bits per heavy atom. The molecule has 1 atom stereocenters. The SMILES string of the molecule is COc1cc(C(=O)NC2C=Cc3nc(-c4ccc(NC(=O)c5cc(Cl)cc(Cl)c5)cc4)[nH]c3C2)cc(OC)c1OC. The molecular weight excluding hydrogens is 567 g/mol. The number of nitrogens with one attached hydrogen (secondary N) is 3. The van der Waals surface area contributed by atoms with Gasteiger partial charge in [0.05, 0.1) is 33.1 Å². The number of rotatable bonds is 8. The number of carbonyl (C=O) groups is 2. The molecule has 0 saturated carbocycles. The van der Waals surface area contributed by atoms with Crippen molar-refractivity contribution in [1.82, 2.24) is 15.3 Å². The quantitative estimate of drug-likeness (QED) is 0.230. The number of fused-ring (bicyclic) bond motifs is 1. The second-order valence-corrected chi connectivity index (χ2v) is 10.1. The molecule has 0 saturated heterocycles. The van der Waals surface area contributed by atoms with E-state index >= 15 is 0 Å². The number of carbonyl (C=O) groups excluding carboxylic acids is 2. The van der Waals surface area contributed by atoms with Crippen molar-refractivity contribution in [3.05, 3.63) is 93.2 Å². The van der Waals surface area contributed by atoms with E-state index in [1.807, 2.05) is 24.3 Å². The summed E-state index contributed by atoms with van der Waals surface area (Å²) in [5.74, 6) is 1.29. The monoisotopic (exact) mass is 592 g/mol. The van der Waals surface area contributed by atoms with Gasteiger partial charge in [0.2, 0.25) is 5.75 Å². The van der Waals surface area contributed by atoms with Crippen molar-refractivity contribution >= 4 is 46.8 Å². The van der Waals surface area contributed by atoms with Crippen LogP contribution >= 0.6 is 23.2 Å². The van der Waals surface area contributed by atoms with Crippen LogP contribution in [0, 0.1) is 0 Å². The number of halogens is 2. The lowest BCUT2D eigenvalue weighted by Crippen LogP contribution is -2.36. The summed E-state index contributed by atoms with van der Waals surface area (Å²) in [5.41, 5.74) is 3.90. The average molecular weight is 593 g/mol. The van der Waals surface area contributed by atoms with E-state index in [2.05, 4.69) is 15.6 Å². The van der Waals surface area contributed by atoms with Crippen molar-refractivity contribution in [2.75, 3.05) is 26.6 Å². The Hall–Kier alpha value is -4.47. The van der Waals surface area contributed by atoms with Gasteiger partial charge < -0.3 is 29.8 Å². The number of aromatic nitrogens is 2. The Labute approximate surface area is 246 Å². The van der Waals surface area contributed by atoms with Gasteiger partial charge in [0.15, 0.2) is 11.5 Å². The highest BCUT2D eigenvalue weighted by molar-refractivity contribution is 6.35. The van der Waals surface area contributed by atoms with E-state index in [1.165, 1.54) is 21.3 Å². The summed E-state index contributed by atoms with van der Waals surface area (Å²) in [5, 5.41) is 6.64. The van der Waals surface area contributed by atoms with Gasteiger partial charge in [-0.1, -0.05) is 29.3 Å². The molecule has 1 unspecified atom stereocenters. The number of amides is 2. The number of ether oxygens (including phenoxy) is 3. The fourth-order valence-electron chi connectivity index (χ4n) is 4.51. The molecule has 0 spiro atoms. The Morgan fingerprint density at radius 3 is 2.12 bits per heavy atom. The van der Waals surface area contributed by atoms with E-state index in [4.69, 9.17) is 42.4 Å². The summed E-state index contributed by atoms with van der Waals surface area (Å²) < 4.78 is 16.1. The van der Waals surface area contributed by atoms with Gasteiger partial charge in [-0.2, -0.15) is 0 Å². The van der Waals surface area contributed by atoms with Crippen molar-refractivity contribution < 1.29 is 23.8 Å². The first-order valence-electron chi connectivity index (χ1n) is 12.5. The highest BCUT2D eigenvalue weighted by Crippen LogP contribution is 2.38. The Kier molecular flexibility index (Phi) is 8.19. The Morgan fingerprint density at radius 1 is 0.878 bits per heavy atom. The van der Waals surface area contributed by atoms with Crippen LogP contribution in [0.2, 0.25) is 10.0 Å². The zero-order chi connectivity index (χ0) is 29.1. The molecule has 3 aromatic carbocycles. The number of anilines is 1. The Balaban J connectivity index is 1.25. The number of aromatic amines is 1. The minimum atomic E-state index is -0.319. The lowest BCUT2D eigenvalue weighted by Gasteiger charge is -2.19. The molecule has 0 bridgehead atoms. The first-order chi connectivity index (χ1) is 19.8. The maximum absolute atomic E-state index is 13.1. The van der Waals surface area contributed by atoms with Crippen molar-refractivity contribution in [1.29, 1.82) is 0 Å². The highest BCUT2D eigenvalue weighted by Gasteiger charge is 2.22. The number of hydrogen-bond acceptors (Lipinski definition) is 6. The van der Waals surface area contributed by atoms with Crippen LogP contribution in [0.5, 0.6) is 17.2 Å². The number of H-pyrrole nitrogens is 1. The zero-order valence-corrected chi connectivity index (χ0v) is 23.9. The Bertz CT molecular complexity index is 1600. The normalized spacial score (nSPS) is 13.7. The molecule has 1 aromatic heterocycles. The predicted molar refractivity (Wildman–Crippen MR) is 159 cm³/mol. The summed E-state index contributed by atoms with van der Waals surface area (Å²) in [6.45, 7) is 0. The van der Waals surface area contributed by atoms with E-state index in [9.17, 15) is 9.59 Å². The summed E-state index contributed by atoms with van der Waals surface area (Å²) in [6, 6.07) is 14.9. The second kappa shape index (κ2) is 12.0. The van der Waals surface area contributed by atoms with Crippen molar-refractivity contribution in [2.45, 2.75) is 12.5 Å². The molecule has 0 aliphatic heterocycles. The fraction of sp³-hybridized carbons (Fsp3) is 0.167. The molecule has 9 nitrogen and oxygen atoms in total. The van der Waals surface area contributed by atoms with Crippen LogP contribution in [0.4, 0.5) is 5.69 Å². The first kappa shape index (κ1) is 28.1. The molecule has 1 aliphatic rings. The lowest BCUT2D eigenvalue weighted by atomic mass is 10.0. The van der Waals surface area contributed by atoms with E-state index in [0.717, 1.165) is 17.0 Å². The lowest BCUT2D eigenvalue weighted by molar-refractivity contribution is 0.0942. The third-order valence-electron chi connectivity index (χ3n) is 6.51. The van der Waals surface area contributed by atoms with Gasteiger partial charge in [-0.25, -0.2) is 4.98 Å². The zero-order valence-electron chi connectivity index (χ0n) is 22.4. The number of hydrogen-bond donors (Lipinski definition) is 3. The van der Waals surface area contributed by atoms with Gasteiger partial charge in [-0.3, -0.25) is 9.59 Å². The molecule has 4 aromatic rings. The highest BCUT2D eigenvalue weighted by atomic mass is 35.5. The van der Waals surface area contributed by atoms with Crippen molar-refractivity contribution in [3.63, 3.8) is 0 Å². The smallest absolute Gasteiger partial charge is 0.255 e. The molecule has 3 N–H and O–H groups in total. The van der Waals surface area contributed by atoms with Crippen LogP contribution in [0.25, 0.3) is 17.5 Å². The third-order valence-corrected chi connectivity index (χ3v) is 6.94. The van der Waals surface area contributed by atoms with Gasteiger partial charge in [-0.05, 0) is 60.7 Å². The number of imidazole rings is 1. The minimum absolute atomic E-state index is 0.250. The number of methoxy groups -OCH3 is 3. The van der Waals surface area contributed by atoms with E-state index in [0.29, 0.717) is 56.4 Å². The molecule has 5 rings (SSSR count). The summed E-state index contributed by atoms with van der Waals surface area (Å²) in [6.07, 6.45) is 4.32. The van der Waals surface area contributed by atoms with Crippen LogP contribution in [0.3, 0.4) is 0 Å². The van der Waals surface area contributed by atoms with Crippen molar-refractivity contribution in [2.24, 2.45) is 0 Å². The maximum Gasteiger partial charge on any atom is 0.255 e. The van der Waals surface area contributed by atoms with Crippen LogP contribution in [-0.4, -0.2) is 49.2 Å². The van der Waals surface area contributed by atoms with E-state index < -0.39 is 0 Å². The molecule has 0 fully saturated rings. The molecule has 1 aliphatic carbocycles. The summed E-state index contributed by atoms with van der Waals surface area (Å²) in [7, 11) is 4.51. The van der Waals surface area contributed by atoms with Gasteiger partial charge >= 0.3 is 0 Å². The van der Waals surface area contributed by atoms with Crippen LogP contribution in [0.1, 0.15) is 32.1 Å². The van der Waals surface area contributed by atoms with E-state index in [-0.39, 0.29) is 17.9 Å². The van der Waals surface area contributed by atoms with Crippen LogP contribution in [-0.2, 0) is 6.42 Å². The predicted octanol–water partition coefficient (Wildman–Crippen LogP) is 6.03. The topological polar surface area (TPSA) is 115 Å². The van der Waals surface area contributed by atoms with Crippen LogP contribution in [0.15, 0.2) is 60.7 Å². The van der Waals surface area contributed by atoms with Gasteiger partial charge in [-0.15, -0.1) is 0 Å². The molecule has 2 amide bonds. The molecule has 1 heterocycles. The number of nitrogens with zero attached hydrogens (tertiary/aromatic N) is 1. The number of benzene rings is 3. The van der Waals surface area contributed by atoms with E-state index in [1.54, 1.807) is 42.5 Å². The maximum atomic E-state index is 13.1. The summed E-state index contributed by atoms with van der Waals surface area (Å²) in [4.78, 5) is 33.7. The van der Waals surface area contributed by atoms with Gasteiger partial charge in [0, 0.05) is 44.5 Å². The second-order valence-electron chi connectivity index (χ2n) is 9.20. The molecule has 0 radical (unpaired) electrons. The molecular formula is C30H26Cl2N4O5. The third kappa shape index (κ3) is 6.16.